The second-order valence-corrected chi connectivity index (χ2v) is 8.20. The number of hydrogen-bond acceptors (Lipinski definition) is 3. The zero-order valence-electron chi connectivity index (χ0n) is 12.5. The molecule has 7 heteroatoms. The smallest absolute Gasteiger partial charge is 0.243 e. The van der Waals surface area contributed by atoms with E-state index >= 15 is 0 Å². The van der Waals surface area contributed by atoms with E-state index < -0.39 is 10.0 Å². The summed E-state index contributed by atoms with van der Waals surface area (Å²) < 4.78 is 28.1. The van der Waals surface area contributed by atoms with Crippen molar-refractivity contribution in [3.63, 3.8) is 0 Å². The number of nitrogens with zero attached hydrogens (tertiary/aromatic N) is 1. The van der Waals surface area contributed by atoms with Gasteiger partial charge in [0.1, 0.15) is 0 Å². The van der Waals surface area contributed by atoms with Gasteiger partial charge in [-0.15, -0.1) is 12.4 Å². The van der Waals surface area contributed by atoms with E-state index in [4.69, 9.17) is 0 Å². The topological polar surface area (TPSA) is 49.4 Å². The fraction of sp³-hybridized carbons (Fsp3) is 0.571. The van der Waals surface area contributed by atoms with Crippen LogP contribution in [0.15, 0.2) is 21.5 Å². The average Bonchev–Trinajstić information content (AvgIpc) is 2.83. The lowest BCUT2D eigenvalue weighted by atomic mass is 10.1. The second-order valence-electron chi connectivity index (χ2n) is 5.44. The van der Waals surface area contributed by atoms with E-state index in [2.05, 4.69) is 21.2 Å². The molecule has 1 aliphatic rings. The minimum absolute atomic E-state index is 0. The van der Waals surface area contributed by atoms with Gasteiger partial charge in [0.15, 0.2) is 0 Å². The van der Waals surface area contributed by atoms with Crippen LogP contribution in [0.1, 0.15) is 17.5 Å². The molecule has 1 aromatic rings. The zero-order valence-corrected chi connectivity index (χ0v) is 15.7. The zero-order chi connectivity index (χ0) is 14.9. The summed E-state index contributed by atoms with van der Waals surface area (Å²) in [6, 6.07) is 3.64. The Bertz CT molecular complexity index is 607. The van der Waals surface area contributed by atoms with Crippen LogP contribution in [0, 0.1) is 19.8 Å². The summed E-state index contributed by atoms with van der Waals surface area (Å²) >= 11 is 3.44. The third-order valence-electron chi connectivity index (χ3n) is 3.82. The van der Waals surface area contributed by atoms with Crippen molar-refractivity contribution in [3.05, 3.63) is 27.7 Å². The Labute approximate surface area is 141 Å². The summed E-state index contributed by atoms with van der Waals surface area (Å²) in [6.45, 7) is 5.85. The van der Waals surface area contributed by atoms with Crippen molar-refractivity contribution >= 4 is 38.4 Å². The molecule has 1 aliphatic heterocycles. The van der Waals surface area contributed by atoms with E-state index in [9.17, 15) is 8.42 Å². The van der Waals surface area contributed by atoms with Crippen LogP contribution in [-0.2, 0) is 10.0 Å². The van der Waals surface area contributed by atoms with Crippen molar-refractivity contribution in [2.75, 3.05) is 26.7 Å². The quantitative estimate of drug-likeness (QED) is 0.850. The van der Waals surface area contributed by atoms with Gasteiger partial charge in [0, 0.05) is 17.6 Å². The van der Waals surface area contributed by atoms with Gasteiger partial charge >= 0.3 is 0 Å². The van der Waals surface area contributed by atoms with Crippen LogP contribution in [-0.4, -0.2) is 39.4 Å². The van der Waals surface area contributed by atoms with Gasteiger partial charge in [-0.1, -0.05) is 15.9 Å². The number of nitrogens with one attached hydrogen (secondary N) is 1. The second kappa shape index (κ2) is 7.42. The van der Waals surface area contributed by atoms with E-state index in [1.165, 1.54) is 0 Å². The van der Waals surface area contributed by atoms with Crippen LogP contribution in [0.3, 0.4) is 0 Å². The molecular weight excluding hydrogens is 376 g/mol. The highest BCUT2D eigenvalue weighted by Gasteiger charge is 2.33. The van der Waals surface area contributed by atoms with Gasteiger partial charge in [0.25, 0.3) is 0 Å². The molecule has 1 fully saturated rings. The lowest BCUT2D eigenvalue weighted by Gasteiger charge is -2.19. The van der Waals surface area contributed by atoms with E-state index in [0.717, 1.165) is 28.6 Å². The number of rotatable bonds is 4. The van der Waals surface area contributed by atoms with Gasteiger partial charge in [-0.25, -0.2) is 8.42 Å². The first-order chi connectivity index (χ1) is 9.36. The minimum atomic E-state index is -3.38. The van der Waals surface area contributed by atoms with E-state index in [-0.39, 0.29) is 12.4 Å². The normalized spacial score (nSPS) is 19.5. The van der Waals surface area contributed by atoms with Crippen LogP contribution < -0.4 is 5.32 Å². The van der Waals surface area contributed by atoms with Crippen LogP contribution in [0.2, 0.25) is 0 Å². The molecular formula is C14H22BrClN2O2S. The van der Waals surface area contributed by atoms with Crippen molar-refractivity contribution in [1.82, 2.24) is 9.62 Å². The highest BCUT2D eigenvalue weighted by molar-refractivity contribution is 9.10. The maximum absolute atomic E-state index is 12.8. The first-order valence-electron chi connectivity index (χ1n) is 6.77. The largest absolute Gasteiger partial charge is 0.319 e. The molecule has 1 N–H and O–H groups in total. The third-order valence-corrected chi connectivity index (χ3v) is 6.68. The summed E-state index contributed by atoms with van der Waals surface area (Å²) in [6.07, 6.45) is 0.925. The Morgan fingerprint density at radius 1 is 1.33 bits per heavy atom. The average molecular weight is 398 g/mol. The van der Waals surface area contributed by atoms with Crippen molar-refractivity contribution in [2.24, 2.45) is 5.92 Å². The third kappa shape index (κ3) is 3.99. The summed E-state index contributed by atoms with van der Waals surface area (Å²) in [5.74, 6) is 0.409. The number of halogens is 2. The fourth-order valence-corrected chi connectivity index (χ4v) is 4.92. The van der Waals surface area contributed by atoms with Crippen LogP contribution in [0.4, 0.5) is 0 Å². The molecule has 0 bridgehead atoms. The Kier molecular flexibility index (Phi) is 6.68. The van der Waals surface area contributed by atoms with Crippen molar-refractivity contribution in [1.29, 1.82) is 0 Å². The highest BCUT2D eigenvalue weighted by atomic mass is 79.9. The molecule has 1 atom stereocenters. The van der Waals surface area contributed by atoms with Gasteiger partial charge < -0.3 is 5.32 Å². The fourth-order valence-electron chi connectivity index (χ4n) is 2.64. The minimum Gasteiger partial charge on any atom is -0.319 e. The predicted molar refractivity (Wildman–Crippen MR) is 91.7 cm³/mol. The number of benzene rings is 1. The van der Waals surface area contributed by atoms with Crippen molar-refractivity contribution < 1.29 is 8.42 Å². The number of hydrogen-bond donors (Lipinski definition) is 1. The molecule has 1 unspecified atom stereocenters. The maximum atomic E-state index is 12.8. The molecule has 21 heavy (non-hydrogen) atoms. The number of sulfonamides is 1. The van der Waals surface area contributed by atoms with E-state index in [1.54, 1.807) is 10.4 Å². The molecule has 0 spiro atoms. The Hall–Kier alpha value is -0.140. The molecule has 1 aromatic carbocycles. The number of aryl methyl sites for hydroxylation is 2. The van der Waals surface area contributed by atoms with E-state index in [0.29, 0.717) is 23.9 Å². The molecule has 120 valence electrons. The Balaban J connectivity index is 0.00000220. The predicted octanol–water partition coefficient (Wildman–Crippen LogP) is 2.72. The van der Waals surface area contributed by atoms with Gasteiger partial charge in [0.05, 0.1) is 4.90 Å². The maximum Gasteiger partial charge on any atom is 0.243 e. The highest BCUT2D eigenvalue weighted by Crippen LogP contribution is 2.29. The van der Waals surface area contributed by atoms with E-state index in [1.807, 2.05) is 27.0 Å². The van der Waals surface area contributed by atoms with Crippen LogP contribution in [0.25, 0.3) is 0 Å². The SMILES string of the molecule is CNCC1CCN(S(=O)(=O)c2cc(C)c(Br)cc2C)C1.Cl. The lowest BCUT2D eigenvalue weighted by molar-refractivity contribution is 0.451. The molecule has 0 radical (unpaired) electrons. The Morgan fingerprint density at radius 2 is 2.00 bits per heavy atom. The molecule has 0 amide bonds. The first kappa shape index (κ1) is 18.9. The molecule has 4 nitrogen and oxygen atoms in total. The summed E-state index contributed by atoms with van der Waals surface area (Å²) in [4.78, 5) is 0.434. The molecule has 1 heterocycles. The molecule has 0 aliphatic carbocycles. The van der Waals surface area contributed by atoms with Gasteiger partial charge in [-0.05, 0) is 63.0 Å². The Morgan fingerprint density at radius 3 is 2.62 bits per heavy atom. The van der Waals surface area contributed by atoms with Gasteiger partial charge in [0.2, 0.25) is 10.0 Å². The first-order valence-corrected chi connectivity index (χ1v) is 9.01. The molecule has 2 rings (SSSR count). The monoisotopic (exact) mass is 396 g/mol. The lowest BCUT2D eigenvalue weighted by Crippen LogP contribution is -2.31. The van der Waals surface area contributed by atoms with Crippen LogP contribution in [0.5, 0.6) is 0 Å². The molecule has 0 aromatic heterocycles. The molecule has 0 saturated carbocycles. The summed E-state index contributed by atoms with van der Waals surface area (Å²) in [5.41, 5.74) is 1.74. The summed E-state index contributed by atoms with van der Waals surface area (Å²) in [7, 11) is -1.47. The van der Waals surface area contributed by atoms with Crippen molar-refractivity contribution in [2.45, 2.75) is 25.2 Å². The van der Waals surface area contributed by atoms with Crippen LogP contribution >= 0.6 is 28.3 Å². The van der Waals surface area contributed by atoms with Gasteiger partial charge in [-0.2, -0.15) is 4.31 Å². The van der Waals surface area contributed by atoms with Gasteiger partial charge in [-0.3, -0.25) is 0 Å². The van der Waals surface area contributed by atoms with Crippen molar-refractivity contribution in [3.8, 4) is 0 Å². The molecule has 1 saturated heterocycles. The standard InChI is InChI=1S/C14H21BrN2O2S.ClH/c1-10-7-14(11(2)6-13(10)15)20(18,19)17-5-4-12(9-17)8-16-3;/h6-7,12,16H,4-5,8-9H2,1-3H3;1H. The summed E-state index contributed by atoms with van der Waals surface area (Å²) in [5, 5.41) is 3.12.